The van der Waals surface area contributed by atoms with Crippen LogP contribution in [0, 0.1) is 17.8 Å². The van der Waals surface area contributed by atoms with Gasteiger partial charge in [0.2, 0.25) is 5.91 Å². The molecule has 1 saturated carbocycles. The van der Waals surface area contributed by atoms with Gasteiger partial charge in [0.05, 0.1) is 12.4 Å². The molecule has 2 fully saturated rings. The third kappa shape index (κ3) is 2.91. The Labute approximate surface area is 120 Å². The van der Waals surface area contributed by atoms with E-state index in [-0.39, 0.29) is 17.9 Å². The van der Waals surface area contributed by atoms with Crippen molar-refractivity contribution >= 4 is 16.0 Å². The fourth-order valence-corrected chi connectivity index (χ4v) is 4.41. The molecule has 0 aromatic rings. The van der Waals surface area contributed by atoms with E-state index in [0.717, 1.165) is 32.1 Å². The molecule has 112 valence electrons. The van der Waals surface area contributed by atoms with Crippen molar-refractivity contribution in [3.05, 3.63) is 12.2 Å². The lowest BCUT2D eigenvalue weighted by Crippen LogP contribution is -2.46. The molecule has 3 rings (SSSR count). The van der Waals surface area contributed by atoms with E-state index in [1.807, 2.05) is 0 Å². The van der Waals surface area contributed by atoms with Gasteiger partial charge in [-0.1, -0.05) is 12.2 Å². The van der Waals surface area contributed by atoms with E-state index in [4.69, 9.17) is 4.18 Å². The van der Waals surface area contributed by atoms with Gasteiger partial charge < -0.3 is 4.90 Å². The number of likely N-dealkylation sites (tertiary alicyclic amines) is 1. The van der Waals surface area contributed by atoms with E-state index in [1.54, 1.807) is 4.90 Å². The largest absolute Gasteiger partial charge is 0.340 e. The van der Waals surface area contributed by atoms with Gasteiger partial charge in [0.15, 0.2) is 0 Å². The first-order chi connectivity index (χ1) is 9.42. The lowest BCUT2D eigenvalue weighted by atomic mass is 9.91. The fourth-order valence-electron chi connectivity index (χ4n) is 3.76. The number of carbonyl (C=O) groups is 1. The predicted octanol–water partition coefficient (Wildman–Crippen LogP) is 1.17. The van der Waals surface area contributed by atoms with Crippen molar-refractivity contribution in [1.82, 2.24) is 4.90 Å². The molecule has 0 N–H and O–H groups in total. The molecule has 1 heterocycles. The summed E-state index contributed by atoms with van der Waals surface area (Å²) in [4.78, 5) is 14.4. The Morgan fingerprint density at radius 1 is 1.30 bits per heavy atom. The number of piperidine rings is 1. The first-order valence-electron chi connectivity index (χ1n) is 7.28. The highest BCUT2D eigenvalue weighted by atomic mass is 32.2. The van der Waals surface area contributed by atoms with E-state index < -0.39 is 10.1 Å². The molecular formula is C14H21NO4S. The maximum Gasteiger partial charge on any atom is 0.264 e. The predicted molar refractivity (Wildman–Crippen MR) is 74.4 cm³/mol. The van der Waals surface area contributed by atoms with Gasteiger partial charge in [0.25, 0.3) is 10.1 Å². The molecule has 6 heteroatoms. The number of hydrogen-bond acceptors (Lipinski definition) is 4. The quantitative estimate of drug-likeness (QED) is 0.579. The molecule has 0 aromatic heterocycles. The maximum atomic E-state index is 12.6. The van der Waals surface area contributed by atoms with Gasteiger partial charge in [-0.25, -0.2) is 0 Å². The maximum absolute atomic E-state index is 12.6. The second kappa shape index (κ2) is 5.15. The monoisotopic (exact) mass is 299 g/mol. The lowest BCUT2D eigenvalue weighted by Gasteiger charge is -2.34. The van der Waals surface area contributed by atoms with Crippen molar-refractivity contribution in [2.24, 2.45) is 17.8 Å². The van der Waals surface area contributed by atoms with Gasteiger partial charge in [-0.3, -0.25) is 8.98 Å². The molecule has 5 nitrogen and oxygen atoms in total. The molecule has 4 unspecified atom stereocenters. The molecule has 1 saturated heterocycles. The molecule has 4 atom stereocenters. The molecule has 3 aliphatic rings. The molecule has 2 aliphatic carbocycles. The van der Waals surface area contributed by atoms with Gasteiger partial charge >= 0.3 is 0 Å². The first-order valence-corrected chi connectivity index (χ1v) is 9.09. The number of fused-ring (bicyclic) bond motifs is 2. The zero-order valence-corrected chi connectivity index (χ0v) is 12.5. The number of allylic oxidation sites excluding steroid dienone is 2. The van der Waals surface area contributed by atoms with Crippen LogP contribution < -0.4 is 0 Å². The van der Waals surface area contributed by atoms with E-state index in [1.165, 1.54) is 0 Å². The van der Waals surface area contributed by atoms with Gasteiger partial charge in [-0.2, -0.15) is 8.42 Å². The molecule has 20 heavy (non-hydrogen) atoms. The van der Waals surface area contributed by atoms with Crippen LogP contribution in [0.3, 0.4) is 0 Å². The van der Waals surface area contributed by atoms with Crippen molar-refractivity contribution in [1.29, 1.82) is 0 Å². The molecule has 0 radical (unpaired) electrons. The Balaban J connectivity index is 1.62. The lowest BCUT2D eigenvalue weighted by molar-refractivity contribution is -0.139. The summed E-state index contributed by atoms with van der Waals surface area (Å²) in [6.07, 6.45) is 8.65. The SMILES string of the molecule is CS(=O)(=O)OC1CCCN(C(=O)C2CC3C=CC2C3)C1. The number of hydrogen-bond donors (Lipinski definition) is 0. The van der Waals surface area contributed by atoms with E-state index >= 15 is 0 Å². The van der Waals surface area contributed by atoms with E-state index in [2.05, 4.69) is 12.2 Å². The van der Waals surface area contributed by atoms with Crippen molar-refractivity contribution < 1.29 is 17.4 Å². The van der Waals surface area contributed by atoms with Crippen molar-refractivity contribution in [2.75, 3.05) is 19.3 Å². The van der Waals surface area contributed by atoms with Crippen LogP contribution in [0.1, 0.15) is 25.7 Å². The third-order valence-electron chi connectivity index (χ3n) is 4.60. The average Bonchev–Trinajstić information content (AvgIpc) is 2.98. The van der Waals surface area contributed by atoms with Crippen LogP contribution >= 0.6 is 0 Å². The Morgan fingerprint density at radius 2 is 2.10 bits per heavy atom. The van der Waals surface area contributed by atoms with Crippen LogP contribution in [0.2, 0.25) is 0 Å². The van der Waals surface area contributed by atoms with Crippen LogP contribution in [0.25, 0.3) is 0 Å². The van der Waals surface area contributed by atoms with Crippen LogP contribution in [0.4, 0.5) is 0 Å². The normalized spacial score (nSPS) is 36.5. The van der Waals surface area contributed by atoms with Gasteiger partial charge in [0, 0.05) is 19.0 Å². The summed E-state index contributed by atoms with van der Waals surface area (Å²) in [6, 6.07) is 0. The first kappa shape index (κ1) is 14.1. The van der Waals surface area contributed by atoms with Crippen LogP contribution in [0.5, 0.6) is 0 Å². The molecule has 0 spiro atoms. The summed E-state index contributed by atoms with van der Waals surface area (Å²) in [7, 11) is -3.45. The second-order valence-corrected chi connectivity index (χ2v) is 7.84. The zero-order chi connectivity index (χ0) is 14.3. The Bertz CT molecular complexity index is 527. The van der Waals surface area contributed by atoms with Crippen LogP contribution in [0.15, 0.2) is 12.2 Å². The fraction of sp³-hybridized carbons (Fsp3) is 0.786. The minimum Gasteiger partial charge on any atom is -0.340 e. The summed E-state index contributed by atoms with van der Waals surface area (Å²) in [5.41, 5.74) is 0. The highest BCUT2D eigenvalue weighted by Gasteiger charge is 2.42. The van der Waals surface area contributed by atoms with Crippen molar-refractivity contribution in [3.63, 3.8) is 0 Å². The highest BCUT2D eigenvalue weighted by Crippen LogP contribution is 2.44. The van der Waals surface area contributed by atoms with Crippen LogP contribution in [-0.4, -0.2) is 44.7 Å². The summed E-state index contributed by atoms with van der Waals surface area (Å²) in [5.74, 6) is 1.25. The van der Waals surface area contributed by atoms with Gasteiger partial charge in [0.1, 0.15) is 0 Å². The molecule has 1 amide bonds. The minimum absolute atomic E-state index is 0.0991. The number of amides is 1. The molecule has 0 aromatic carbocycles. The Kier molecular flexibility index (Phi) is 3.62. The third-order valence-corrected chi connectivity index (χ3v) is 5.22. The van der Waals surface area contributed by atoms with Gasteiger partial charge in [-0.05, 0) is 37.5 Å². The Morgan fingerprint density at radius 3 is 2.70 bits per heavy atom. The number of rotatable bonds is 3. The highest BCUT2D eigenvalue weighted by molar-refractivity contribution is 7.86. The summed E-state index contributed by atoms with van der Waals surface area (Å²) in [5, 5.41) is 0. The number of nitrogens with zero attached hydrogens (tertiary/aromatic N) is 1. The second-order valence-electron chi connectivity index (χ2n) is 6.24. The molecule has 1 aliphatic heterocycles. The Hall–Kier alpha value is -0.880. The minimum atomic E-state index is -3.45. The number of carbonyl (C=O) groups excluding carboxylic acids is 1. The topological polar surface area (TPSA) is 63.7 Å². The van der Waals surface area contributed by atoms with Crippen LogP contribution in [-0.2, 0) is 19.1 Å². The summed E-state index contributed by atoms with van der Waals surface area (Å²) < 4.78 is 27.5. The summed E-state index contributed by atoms with van der Waals surface area (Å²) >= 11 is 0. The van der Waals surface area contributed by atoms with E-state index in [9.17, 15) is 13.2 Å². The molecule has 2 bridgehead atoms. The van der Waals surface area contributed by atoms with Crippen molar-refractivity contribution in [3.8, 4) is 0 Å². The molecular weight excluding hydrogens is 278 g/mol. The standard InChI is InChI=1S/C14H21NO4S/c1-20(17,18)19-12-3-2-6-15(9-12)14(16)13-8-10-4-5-11(13)7-10/h4-5,10-13H,2-3,6-9H2,1H3. The van der Waals surface area contributed by atoms with Crippen molar-refractivity contribution in [2.45, 2.75) is 31.8 Å². The zero-order valence-electron chi connectivity index (χ0n) is 11.7. The summed E-state index contributed by atoms with van der Waals surface area (Å²) in [6.45, 7) is 1.13. The van der Waals surface area contributed by atoms with E-state index in [0.29, 0.717) is 24.8 Å². The van der Waals surface area contributed by atoms with Gasteiger partial charge in [-0.15, -0.1) is 0 Å². The smallest absolute Gasteiger partial charge is 0.264 e. The average molecular weight is 299 g/mol.